The van der Waals surface area contributed by atoms with Crippen molar-refractivity contribution in [3.05, 3.63) is 60.8 Å². The van der Waals surface area contributed by atoms with Crippen molar-refractivity contribution in [2.45, 2.75) is 232 Å². The average Bonchev–Trinajstić information content (AvgIpc) is 3.26. The first kappa shape index (κ1) is 60.2. The zero-order valence-electron chi connectivity index (χ0n) is 39.8. The van der Waals surface area contributed by atoms with Gasteiger partial charge in [0.2, 0.25) is 0 Å². The Balaban J connectivity index is 4.10. The minimum absolute atomic E-state index is 0.0439. The SMILES string of the molecule is CC/C=C\C/C=C\C/C=C\C/C=C\CCCCCCCCCCC(=O)OC(COCCCCCCCCCCCC/C=C\CCCCCCCC)COP(=O)(O)OCC(O)CO. The highest BCUT2D eigenvalue weighted by Gasteiger charge is 2.26. The summed E-state index contributed by atoms with van der Waals surface area (Å²) in [4.78, 5) is 22.7. The zero-order chi connectivity index (χ0) is 45.3. The maximum atomic E-state index is 12.7. The number of hydrogen-bond donors (Lipinski definition) is 3. The Labute approximate surface area is 380 Å². The van der Waals surface area contributed by atoms with E-state index in [0.29, 0.717) is 6.61 Å². The lowest BCUT2D eigenvalue weighted by molar-refractivity contribution is -0.154. The largest absolute Gasteiger partial charge is 0.472 e. The van der Waals surface area contributed by atoms with Crippen LogP contribution in [0.3, 0.4) is 0 Å². The molecule has 62 heavy (non-hydrogen) atoms. The van der Waals surface area contributed by atoms with Gasteiger partial charge in [-0.2, -0.15) is 0 Å². The van der Waals surface area contributed by atoms with Gasteiger partial charge in [0, 0.05) is 13.0 Å². The van der Waals surface area contributed by atoms with Crippen LogP contribution in [-0.4, -0.2) is 66.3 Å². The van der Waals surface area contributed by atoms with Gasteiger partial charge in [0.1, 0.15) is 12.2 Å². The van der Waals surface area contributed by atoms with E-state index < -0.39 is 39.2 Å². The number of aliphatic hydroxyl groups is 2. The van der Waals surface area contributed by atoms with E-state index in [1.165, 1.54) is 122 Å². The maximum Gasteiger partial charge on any atom is 0.472 e. The van der Waals surface area contributed by atoms with Crippen LogP contribution in [0.5, 0.6) is 0 Å². The molecular weight excluding hydrogens is 800 g/mol. The smallest absolute Gasteiger partial charge is 0.457 e. The van der Waals surface area contributed by atoms with Crippen molar-refractivity contribution in [2.75, 3.05) is 33.0 Å². The molecular formula is C52H95O9P. The summed E-state index contributed by atoms with van der Waals surface area (Å²) in [5, 5.41) is 18.4. The summed E-state index contributed by atoms with van der Waals surface area (Å²) in [5.41, 5.74) is 0. The topological polar surface area (TPSA) is 132 Å². The van der Waals surface area contributed by atoms with Crippen LogP contribution in [0.25, 0.3) is 0 Å². The van der Waals surface area contributed by atoms with Crippen molar-refractivity contribution in [1.82, 2.24) is 0 Å². The highest BCUT2D eigenvalue weighted by molar-refractivity contribution is 7.47. The third-order valence-corrected chi connectivity index (χ3v) is 11.6. The molecule has 0 aliphatic heterocycles. The molecule has 0 amide bonds. The van der Waals surface area contributed by atoms with Crippen molar-refractivity contribution in [3.63, 3.8) is 0 Å². The van der Waals surface area contributed by atoms with Gasteiger partial charge in [-0.3, -0.25) is 13.8 Å². The predicted molar refractivity (Wildman–Crippen MR) is 260 cm³/mol. The fourth-order valence-corrected chi connectivity index (χ4v) is 7.66. The number of carbonyl (C=O) groups excluding carboxylic acids is 1. The molecule has 0 bridgehead atoms. The highest BCUT2D eigenvalue weighted by atomic mass is 31.2. The molecule has 3 atom stereocenters. The van der Waals surface area contributed by atoms with Gasteiger partial charge in [0.15, 0.2) is 0 Å². The second-order valence-corrected chi connectivity index (χ2v) is 18.3. The van der Waals surface area contributed by atoms with Gasteiger partial charge in [-0.05, 0) is 77.0 Å². The Kier molecular flexibility index (Phi) is 47.2. The molecule has 9 nitrogen and oxygen atoms in total. The number of aliphatic hydroxyl groups excluding tert-OH is 2. The summed E-state index contributed by atoms with van der Waals surface area (Å²) in [6, 6.07) is 0. The number of phosphoric ester groups is 1. The zero-order valence-corrected chi connectivity index (χ0v) is 40.7. The Morgan fingerprint density at radius 3 is 1.40 bits per heavy atom. The van der Waals surface area contributed by atoms with Crippen molar-refractivity contribution < 1.29 is 43.0 Å². The van der Waals surface area contributed by atoms with E-state index in [9.17, 15) is 19.4 Å². The number of esters is 1. The number of rotatable bonds is 48. The van der Waals surface area contributed by atoms with Crippen LogP contribution in [0, 0.1) is 0 Å². The molecule has 0 fully saturated rings. The first-order chi connectivity index (χ1) is 30.3. The Morgan fingerprint density at radius 2 is 0.919 bits per heavy atom. The van der Waals surface area contributed by atoms with E-state index >= 15 is 0 Å². The molecule has 10 heteroatoms. The fraction of sp³-hybridized carbons (Fsp3) is 0.788. The monoisotopic (exact) mass is 895 g/mol. The predicted octanol–water partition coefficient (Wildman–Crippen LogP) is 14.7. The molecule has 0 spiro atoms. The number of carbonyl (C=O) groups is 1. The van der Waals surface area contributed by atoms with Gasteiger partial charge in [-0.1, -0.05) is 197 Å². The molecule has 0 aliphatic carbocycles. The van der Waals surface area contributed by atoms with E-state index in [2.05, 4.69) is 74.6 Å². The standard InChI is InChI=1S/C52H95O9P/c1-3-5-7-9-11-13-15-17-19-21-23-25-26-28-30-32-34-36-38-40-42-44-52(55)61-51(49-60-62(56,57)59-47-50(54)46-53)48-58-45-43-41-39-37-35-33-31-29-27-24-22-20-18-16-14-12-10-8-6-4-2/h5,7,11,13,17-20,23,25,50-51,53-54H,3-4,6,8-10,12,14-16,21-22,24,26-49H2,1-2H3,(H,56,57)/b7-5-,13-11-,19-17-,20-18-,25-23-. The van der Waals surface area contributed by atoms with Gasteiger partial charge in [0.25, 0.3) is 0 Å². The molecule has 0 rings (SSSR count). The Morgan fingerprint density at radius 1 is 0.516 bits per heavy atom. The summed E-state index contributed by atoms with van der Waals surface area (Å²) < 4.78 is 33.5. The minimum Gasteiger partial charge on any atom is -0.457 e. The van der Waals surface area contributed by atoms with Crippen LogP contribution in [0.2, 0.25) is 0 Å². The lowest BCUT2D eigenvalue weighted by Gasteiger charge is -2.20. The molecule has 0 saturated carbocycles. The molecule has 0 radical (unpaired) electrons. The Hall–Kier alpha value is -1.84. The van der Waals surface area contributed by atoms with Crippen molar-refractivity contribution >= 4 is 13.8 Å². The first-order valence-corrected chi connectivity index (χ1v) is 26.8. The van der Waals surface area contributed by atoms with Crippen LogP contribution < -0.4 is 0 Å². The van der Waals surface area contributed by atoms with E-state index in [1.807, 2.05) is 0 Å². The third kappa shape index (κ3) is 47.6. The Bertz CT molecular complexity index is 1150. The molecule has 0 saturated heterocycles. The summed E-state index contributed by atoms with van der Waals surface area (Å²) >= 11 is 0. The van der Waals surface area contributed by atoms with Gasteiger partial charge in [-0.25, -0.2) is 4.57 Å². The van der Waals surface area contributed by atoms with E-state index in [4.69, 9.17) is 23.6 Å². The summed E-state index contributed by atoms with van der Waals surface area (Å²) in [6.07, 6.45) is 57.5. The molecule has 0 aromatic heterocycles. The maximum absolute atomic E-state index is 12.7. The van der Waals surface area contributed by atoms with Gasteiger partial charge in [-0.15, -0.1) is 0 Å². The molecule has 0 aromatic rings. The second-order valence-electron chi connectivity index (χ2n) is 16.8. The second kappa shape index (κ2) is 48.6. The number of hydrogen-bond acceptors (Lipinski definition) is 8. The molecule has 3 N–H and O–H groups in total. The molecule has 0 aliphatic rings. The molecule has 3 unspecified atom stereocenters. The van der Waals surface area contributed by atoms with Gasteiger partial charge >= 0.3 is 13.8 Å². The molecule has 0 heterocycles. The van der Waals surface area contributed by atoms with Crippen LogP contribution in [-0.2, 0) is 27.9 Å². The van der Waals surface area contributed by atoms with Gasteiger partial charge in [0.05, 0.1) is 26.4 Å². The van der Waals surface area contributed by atoms with Crippen LogP contribution in [0.1, 0.15) is 219 Å². The highest BCUT2D eigenvalue weighted by Crippen LogP contribution is 2.43. The molecule has 0 aromatic carbocycles. The quantitative estimate of drug-likeness (QED) is 0.0236. The minimum atomic E-state index is -4.53. The molecule has 362 valence electrons. The number of phosphoric acid groups is 1. The summed E-state index contributed by atoms with van der Waals surface area (Å²) in [6.45, 7) is 3.41. The van der Waals surface area contributed by atoms with E-state index in [-0.39, 0.29) is 19.6 Å². The number of unbranched alkanes of at least 4 members (excludes halogenated alkanes) is 24. The number of allylic oxidation sites excluding steroid dienone is 10. The van der Waals surface area contributed by atoms with Crippen molar-refractivity contribution in [2.24, 2.45) is 0 Å². The lowest BCUT2D eigenvalue weighted by Crippen LogP contribution is -2.29. The van der Waals surface area contributed by atoms with Crippen molar-refractivity contribution in [3.8, 4) is 0 Å². The normalized spacial score (nSPS) is 14.3. The average molecular weight is 895 g/mol. The van der Waals surface area contributed by atoms with Crippen LogP contribution >= 0.6 is 7.82 Å². The van der Waals surface area contributed by atoms with E-state index in [1.54, 1.807) is 0 Å². The van der Waals surface area contributed by atoms with E-state index in [0.717, 1.165) is 77.0 Å². The summed E-state index contributed by atoms with van der Waals surface area (Å²) in [5.74, 6) is -0.391. The van der Waals surface area contributed by atoms with Crippen LogP contribution in [0.4, 0.5) is 0 Å². The van der Waals surface area contributed by atoms with Crippen LogP contribution in [0.15, 0.2) is 60.8 Å². The van der Waals surface area contributed by atoms with Crippen molar-refractivity contribution in [1.29, 1.82) is 0 Å². The lowest BCUT2D eigenvalue weighted by atomic mass is 10.1. The van der Waals surface area contributed by atoms with Gasteiger partial charge < -0.3 is 24.6 Å². The number of ether oxygens (including phenoxy) is 2. The summed E-state index contributed by atoms with van der Waals surface area (Å²) in [7, 11) is -4.53. The fourth-order valence-electron chi connectivity index (χ4n) is 6.87. The first-order valence-electron chi connectivity index (χ1n) is 25.3. The third-order valence-electron chi connectivity index (χ3n) is 10.7.